The number of para-hydroxylation sites is 1. The van der Waals surface area contributed by atoms with E-state index in [2.05, 4.69) is 21.2 Å². The summed E-state index contributed by atoms with van der Waals surface area (Å²) in [6.07, 6.45) is 0. The van der Waals surface area contributed by atoms with Crippen molar-refractivity contribution in [3.8, 4) is 5.75 Å². The molecule has 0 aromatic heterocycles. The van der Waals surface area contributed by atoms with Crippen LogP contribution in [-0.2, 0) is 30.5 Å². The summed E-state index contributed by atoms with van der Waals surface area (Å²) >= 11 is 20.5. The van der Waals surface area contributed by atoms with Gasteiger partial charge >= 0.3 is 11.3 Å². The molecule has 1 fully saturated rings. The molecule has 10 nitrogen and oxygen atoms in total. The number of esters is 1. The van der Waals surface area contributed by atoms with E-state index in [0.717, 1.165) is 4.90 Å². The van der Waals surface area contributed by atoms with Crippen LogP contribution < -0.4 is 10.1 Å². The zero-order valence-corrected chi connectivity index (χ0v) is 25.1. The summed E-state index contributed by atoms with van der Waals surface area (Å²) in [4.78, 5) is 52.1. The third-order valence-electron chi connectivity index (χ3n) is 5.09. The third-order valence-corrected chi connectivity index (χ3v) is 6.98. The Kier molecular flexibility index (Phi) is 11.8. The number of thioether (sulfide) groups is 1. The molecule has 0 spiro atoms. The van der Waals surface area contributed by atoms with E-state index in [-0.39, 0.29) is 11.9 Å². The van der Waals surface area contributed by atoms with E-state index >= 15 is 0 Å². The Labute approximate surface area is 257 Å². The van der Waals surface area contributed by atoms with Gasteiger partial charge < -0.3 is 24.6 Å². The summed E-state index contributed by atoms with van der Waals surface area (Å²) in [6.45, 7) is -1.17. The summed E-state index contributed by atoms with van der Waals surface area (Å²) in [6, 6.07) is 16.1. The van der Waals surface area contributed by atoms with Crippen molar-refractivity contribution in [1.82, 2.24) is 10.2 Å². The number of β-lactam (4-membered cyclic amide) rings is 1. The van der Waals surface area contributed by atoms with Crippen molar-refractivity contribution in [2.45, 2.75) is 21.8 Å². The van der Waals surface area contributed by atoms with Gasteiger partial charge in [-0.3, -0.25) is 14.5 Å². The first-order chi connectivity index (χ1) is 19.0. The van der Waals surface area contributed by atoms with Gasteiger partial charge in [-0.1, -0.05) is 99.3 Å². The number of halogens is 4. The second kappa shape index (κ2) is 14.8. The lowest BCUT2D eigenvalue weighted by Gasteiger charge is -2.46. The molecule has 1 saturated heterocycles. The van der Waals surface area contributed by atoms with Crippen LogP contribution in [0.4, 0.5) is 4.79 Å². The first-order valence-electron chi connectivity index (χ1n) is 11.4. The van der Waals surface area contributed by atoms with E-state index in [0.29, 0.717) is 23.1 Å². The number of rotatable bonds is 11. The zero-order chi connectivity index (χ0) is 29.3. The second-order valence-electron chi connectivity index (χ2n) is 8.01. The van der Waals surface area contributed by atoms with Gasteiger partial charge in [0.1, 0.15) is 36.1 Å². The minimum absolute atomic E-state index is 0.0596. The van der Waals surface area contributed by atoms with Crippen LogP contribution in [0.15, 0.2) is 72.1 Å². The van der Waals surface area contributed by atoms with Crippen molar-refractivity contribution in [3.05, 3.63) is 77.7 Å². The largest absolute Gasteiger partial charge is 0.509 e. The molecule has 2 aromatic carbocycles. The van der Waals surface area contributed by atoms with E-state index < -0.39 is 63.0 Å². The Morgan fingerprint density at radius 1 is 1.02 bits per heavy atom. The molecule has 2 amide bonds. The molecular weight excluding hydrogens is 675 g/mol. The van der Waals surface area contributed by atoms with E-state index in [1.165, 1.54) is 0 Å². The molecule has 2 aromatic rings. The summed E-state index contributed by atoms with van der Waals surface area (Å²) in [5.41, 5.74) is 0.115. The molecule has 1 aliphatic rings. The average molecular weight is 697 g/mol. The maximum absolute atomic E-state index is 13.2. The molecule has 1 aliphatic heterocycles. The summed E-state index contributed by atoms with van der Waals surface area (Å²) in [5.74, 6) is -2.84. The molecule has 0 radical (unpaired) electrons. The van der Waals surface area contributed by atoms with Crippen molar-refractivity contribution in [1.29, 1.82) is 0 Å². The average Bonchev–Trinajstić information content (AvgIpc) is 2.94. The summed E-state index contributed by atoms with van der Waals surface area (Å²) < 4.78 is 13.7. The lowest BCUT2D eigenvalue weighted by molar-refractivity contribution is -0.153. The van der Waals surface area contributed by atoms with Crippen LogP contribution in [0.3, 0.4) is 0 Å². The van der Waals surface area contributed by atoms with Gasteiger partial charge in [-0.25, -0.2) is 9.59 Å². The maximum Gasteiger partial charge on any atom is 0.369 e. The minimum Gasteiger partial charge on any atom is -0.509 e. The number of carbonyl (C=O) groups is 4. The SMILES string of the molecule is O=C(COc1ccccc1)NC1C(=O)N(C(C(=O)OCC(Cl)(Cl)Cl)=C(O)CBr)C1SC(=O)OCc1ccccc1. The molecule has 0 aliphatic carbocycles. The molecule has 2 atom stereocenters. The van der Waals surface area contributed by atoms with Crippen molar-refractivity contribution < 1.29 is 38.5 Å². The molecule has 214 valence electrons. The number of hydrogen-bond donors (Lipinski definition) is 2. The molecule has 1 heterocycles. The van der Waals surface area contributed by atoms with Crippen molar-refractivity contribution >= 4 is 85.6 Å². The van der Waals surface area contributed by atoms with Crippen LogP contribution in [0.5, 0.6) is 5.75 Å². The predicted octanol–water partition coefficient (Wildman–Crippen LogP) is 4.87. The Balaban J connectivity index is 1.78. The predicted molar refractivity (Wildman–Crippen MR) is 153 cm³/mol. The Hall–Kier alpha value is -2.64. The quantitative estimate of drug-likeness (QED) is 0.111. The number of amides is 2. The van der Waals surface area contributed by atoms with Crippen LogP contribution in [0, 0.1) is 0 Å². The lowest BCUT2D eigenvalue weighted by atomic mass is 10.1. The third kappa shape index (κ3) is 9.20. The molecule has 2 unspecified atom stereocenters. The fourth-order valence-corrected chi connectivity index (χ4v) is 4.71. The molecule has 40 heavy (non-hydrogen) atoms. The molecule has 3 rings (SSSR count). The number of hydrogen-bond acceptors (Lipinski definition) is 9. The van der Waals surface area contributed by atoms with Gasteiger partial charge in [-0.2, -0.15) is 0 Å². The first-order valence-corrected chi connectivity index (χ1v) is 14.5. The van der Waals surface area contributed by atoms with E-state index in [1.807, 2.05) is 0 Å². The van der Waals surface area contributed by atoms with Crippen LogP contribution in [0.25, 0.3) is 0 Å². The van der Waals surface area contributed by atoms with Gasteiger partial charge in [0, 0.05) is 0 Å². The number of allylic oxidation sites excluding steroid dienone is 1. The van der Waals surface area contributed by atoms with Crippen molar-refractivity contribution in [2.24, 2.45) is 0 Å². The summed E-state index contributed by atoms with van der Waals surface area (Å²) in [7, 11) is 0. The van der Waals surface area contributed by atoms with Gasteiger partial charge in [-0.15, -0.1) is 0 Å². The van der Waals surface area contributed by atoms with E-state index in [4.69, 9.17) is 49.0 Å². The monoisotopic (exact) mass is 694 g/mol. The van der Waals surface area contributed by atoms with Gasteiger partial charge in [0.25, 0.3) is 11.8 Å². The molecule has 0 bridgehead atoms. The standard InChI is InChI=1S/C25H22BrCl3N2O8S/c26-11-17(32)20(23(35)39-14-25(27,28)29)31-21(34)19(30-18(33)13-37-16-9-5-2-6-10-16)22(31)40-24(36)38-12-15-7-3-1-4-8-15/h1-10,19,22,32H,11-14H2,(H,30,33). The number of nitrogens with one attached hydrogen (secondary N) is 1. The molecule has 2 N–H and O–H groups in total. The Morgan fingerprint density at radius 2 is 1.65 bits per heavy atom. The number of aliphatic hydroxyl groups is 1. The fraction of sp³-hybridized carbons (Fsp3) is 0.280. The lowest BCUT2D eigenvalue weighted by Crippen LogP contribution is -2.70. The van der Waals surface area contributed by atoms with Crippen LogP contribution in [-0.4, -0.2) is 66.8 Å². The highest BCUT2D eigenvalue weighted by Crippen LogP contribution is 2.37. The number of benzene rings is 2. The van der Waals surface area contributed by atoms with Gasteiger partial charge in [-0.05, 0) is 29.5 Å². The number of carbonyl (C=O) groups excluding carboxylic acids is 4. The maximum atomic E-state index is 13.2. The van der Waals surface area contributed by atoms with Crippen LogP contribution in [0.2, 0.25) is 0 Å². The Morgan fingerprint density at radius 3 is 2.25 bits per heavy atom. The second-order valence-corrected chi connectivity index (χ2v) is 12.1. The van der Waals surface area contributed by atoms with Crippen molar-refractivity contribution in [2.75, 3.05) is 18.5 Å². The van der Waals surface area contributed by atoms with E-state index in [9.17, 15) is 24.3 Å². The number of alkyl halides is 4. The highest BCUT2D eigenvalue weighted by Gasteiger charge is 2.54. The molecular formula is C25H22BrCl3N2O8S. The number of likely N-dealkylation sites (tertiary alicyclic amines) is 1. The summed E-state index contributed by atoms with van der Waals surface area (Å²) in [5, 5.41) is 10.7. The minimum atomic E-state index is -1.96. The molecule has 0 saturated carbocycles. The smallest absolute Gasteiger partial charge is 0.369 e. The highest BCUT2D eigenvalue weighted by molar-refractivity contribution is 9.09. The number of nitrogens with zero attached hydrogens (tertiary/aromatic N) is 1. The Bertz CT molecular complexity index is 1250. The van der Waals surface area contributed by atoms with Gasteiger partial charge in [0.15, 0.2) is 12.3 Å². The van der Waals surface area contributed by atoms with Crippen molar-refractivity contribution in [3.63, 3.8) is 0 Å². The topological polar surface area (TPSA) is 131 Å². The normalized spacial score (nSPS) is 17.3. The van der Waals surface area contributed by atoms with Crippen LogP contribution in [0.1, 0.15) is 5.56 Å². The fourth-order valence-electron chi connectivity index (χ4n) is 3.32. The van der Waals surface area contributed by atoms with E-state index in [1.54, 1.807) is 60.7 Å². The first kappa shape index (κ1) is 31.9. The highest BCUT2D eigenvalue weighted by atomic mass is 79.9. The van der Waals surface area contributed by atoms with Crippen LogP contribution >= 0.6 is 62.5 Å². The number of aliphatic hydroxyl groups excluding tert-OH is 1. The molecule has 15 heteroatoms. The number of ether oxygens (including phenoxy) is 3. The zero-order valence-electron chi connectivity index (χ0n) is 20.4. The van der Waals surface area contributed by atoms with Gasteiger partial charge in [0.2, 0.25) is 3.79 Å². The van der Waals surface area contributed by atoms with Gasteiger partial charge in [0.05, 0.1) is 5.33 Å².